The summed E-state index contributed by atoms with van der Waals surface area (Å²) in [7, 11) is 0. The molecule has 0 bridgehead atoms. The summed E-state index contributed by atoms with van der Waals surface area (Å²) >= 11 is 0. The van der Waals surface area contributed by atoms with Crippen LogP contribution in [0.1, 0.15) is 16.1 Å². The van der Waals surface area contributed by atoms with Crippen LogP contribution in [0.5, 0.6) is 5.75 Å². The van der Waals surface area contributed by atoms with Crippen LogP contribution in [0.25, 0.3) is 10.9 Å². The maximum Gasteiger partial charge on any atom is 0.354 e. The van der Waals surface area contributed by atoms with Crippen LogP contribution in [0.4, 0.5) is 5.69 Å². The highest BCUT2D eigenvalue weighted by Crippen LogP contribution is 2.32. The van der Waals surface area contributed by atoms with E-state index < -0.39 is 5.97 Å². The van der Waals surface area contributed by atoms with Crippen LogP contribution in [0.2, 0.25) is 0 Å². The fourth-order valence-corrected chi connectivity index (χ4v) is 3.57. The second-order valence-corrected chi connectivity index (χ2v) is 6.75. The van der Waals surface area contributed by atoms with Gasteiger partial charge in [0.25, 0.3) is 0 Å². The standard InChI is InChI=1S/C21H21N3O3.ClH/c25-19-13-17(21(26)27)22-20-16(19)7-4-8-18(20)24-11-9-23(10-12-24)14-15-5-2-1-3-6-15;/h1-8,13H,9-12,14H2,(H,22,25)(H,26,27);1H. The number of para-hydroxylation sites is 1. The van der Waals surface area contributed by atoms with Crippen molar-refractivity contribution >= 4 is 35.0 Å². The Hall–Kier alpha value is -2.83. The Kier molecular flexibility index (Phi) is 6.02. The first-order valence-corrected chi connectivity index (χ1v) is 8.99. The zero-order valence-corrected chi connectivity index (χ0v) is 16.1. The summed E-state index contributed by atoms with van der Waals surface area (Å²) < 4.78 is 0. The topological polar surface area (TPSA) is 76.9 Å². The summed E-state index contributed by atoms with van der Waals surface area (Å²) in [5.41, 5.74) is 2.56. The lowest BCUT2D eigenvalue weighted by Crippen LogP contribution is -2.46. The highest BCUT2D eigenvalue weighted by Gasteiger charge is 2.21. The first-order valence-electron chi connectivity index (χ1n) is 8.99. The number of aromatic carboxylic acids is 1. The summed E-state index contributed by atoms with van der Waals surface area (Å²) in [6.07, 6.45) is 0. The predicted molar refractivity (Wildman–Crippen MR) is 112 cm³/mol. The SMILES string of the molecule is Cl.O=C(O)c1cc(O)c2cccc(N3CCN(Cc4ccccc4)CC3)c2n1. The number of pyridine rings is 1. The first-order chi connectivity index (χ1) is 13.1. The van der Waals surface area contributed by atoms with Crippen LogP contribution in [0, 0.1) is 0 Å². The number of aromatic hydroxyl groups is 1. The number of hydrogen-bond acceptors (Lipinski definition) is 5. The maximum atomic E-state index is 11.3. The van der Waals surface area contributed by atoms with Crippen molar-refractivity contribution in [1.29, 1.82) is 0 Å². The van der Waals surface area contributed by atoms with Gasteiger partial charge in [0.2, 0.25) is 0 Å². The molecule has 0 aliphatic carbocycles. The minimum Gasteiger partial charge on any atom is -0.507 e. The molecule has 0 radical (unpaired) electrons. The van der Waals surface area contributed by atoms with E-state index in [-0.39, 0.29) is 23.9 Å². The number of nitrogens with zero attached hydrogens (tertiary/aromatic N) is 3. The van der Waals surface area contributed by atoms with Gasteiger partial charge in [0.05, 0.1) is 11.2 Å². The molecule has 1 aliphatic heterocycles. The molecular formula is C21H22ClN3O3. The van der Waals surface area contributed by atoms with Gasteiger partial charge in [-0.05, 0) is 17.7 Å². The Labute approximate surface area is 169 Å². The number of aromatic nitrogens is 1. The molecule has 6 nitrogen and oxygen atoms in total. The van der Waals surface area contributed by atoms with E-state index in [2.05, 4.69) is 39.0 Å². The van der Waals surface area contributed by atoms with Crippen molar-refractivity contribution in [2.24, 2.45) is 0 Å². The minimum absolute atomic E-state index is 0. The molecule has 3 aromatic rings. The second kappa shape index (κ2) is 8.46. The average molecular weight is 400 g/mol. The lowest BCUT2D eigenvalue weighted by atomic mass is 10.1. The van der Waals surface area contributed by atoms with E-state index in [1.54, 1.807) is 6.07 Å². The third-order valence-corrected chi connectivity index (χ3v) is 4.98. The van der Waals surface area contributed by atoms with Crippen molar-refractivity contribution in [3.63, 3.8) is 0 Å². The zero-order chi connectivity index (χ0) is 18.8. The molecule has 1 saturated heterocycles. The molecule has 2 heterocycles. The van der Waals surface area contributed by atoms with Gasteiger partial charge >= 0.3 is 5.97 Å². The van der Waals surface area contributed by atoms with Gasteiger partial charge in [-0.2, -0.15) is 0 Å². The van der Waals surface area contributed by atoms with Gasteiger partial charge in [0.1, 0.15) is 5.75 Å². The third kappa shape index (κ3) is 4.03. The Bertz CT molecular complexity index is 973. The second-order valence-electron chi connectivity index (χ2n) is 6.75. The van der Waals surface area contributed by atoms with Crippen LogP contribution in [0.3, 0.4) is 0 Å². The molecule has 2 N–H and O–H groups in total. The number of fused-ring (bicyclic) bond motifs is 1. The van der Waals surface area contributed by atoms with E-state index in [0.29, 0.717) is 10.9 Å². The van der Waals surface area contributed by atoms with E-state index in [1.165, 1.54) is 11.6 Å². The largest absolute Gasteiger partial charge is 0.507 e. The van der Waals surface area contributed by atoms with Gasteiger partial charge in [0.15, 0.2) is 5.69 Å². The minimum atomic E-state index is -1.14. The number of anilines is 1. The number of carboxylic acids is 1. The molecule has 0 atom stereocenters. The van der Waals surface area contributed by atoms with Gasteiger partial charge in [-0.1, -0.05) is 36.4 Å². The Morgan fingerprint density at radius 3 is 2.39 bits per heavy atom. The number of carboxylic acid groups (broad SMARTS) is 1. The smallest absolute Gasteiger partial charge is 0.354 e. The Balaban J connectivity index is 0.00000225. The summed E-state index contributed by atoms with van der Waals surface area (Å²) in [4.78, 5) is 20.2. The predicted octanol–water partition coefficient (Wildman–Crippen LogP) is 3.38. The van der Waals surface area contributed by atoms with Gasteiger partial charge in [-0.15, -0.1) is 12.4 Å². The van der Waals surface area contributed by atoms with E-state index in [0.717, 1.165) is 38.4 Å². The lowest BCUT2D eigenvalue weighted by Gasteiger charge is -2.36. The summed E-state index contributed by atoms with van der Waals surface area (Å²) in [6, 6.07) is 17.2. The van der Waals surface area contributed by atoms with E-state index in [4.69, 9.17) is 0 Å². The molecule has 28 heavy (non-hydrogen) atoms. The monoisotopic (exact) mass is 399 g/mol. The van der Waals surface area contributed by atoms with Gasteiger partial charge in [0, 0.05) is 44.2 Å². The summed E-state index contributed by atoms with van der Waals surface area (Å²) in [5.74, 6) is -1.20. The van der Waals surface area contributed by atoms with E-state index in [1.807, 2.05) is 18.2 Å². The van der Waals surface area contributed by atoms with E-state index in [9.17, 15) is 15.0 Å². The highest BCUT2D eigenvalue weighted by atomic mass is 35.5. The molecule has 0 unspecified atom stereocenters. The van der Waals surface area contributed by atoms with Crippen LogP contribution in [-0.4, -0.2) is 52.2 Å². The van der Waals surface area contributed by atoms with Crippen LogP contribution in [-0.2, 0) is 6.54 Å². The Morgan fingerprint density at radius 2 is 1.71 bits per heavy atom. The van der Waals surface area contributed by atoms with Crippen LogP contribution >= 0.6 is 12.4 Å². The van der Waals surface area contributed by atoms with Gasteiger partial charge < -0.3 is 15.1 Å². The summed E-state index contributed by atoms with van der Waals surface area (Å²) in [5, 5.41) is 20.0. The van der Waals surface area contributed by atoms with Crippen LogP contribution < -0.4 is 4.90 Å². The van der Waals surface area contributed by atoms with Crippen molar-refractivity contribution in [1.82, 2.24) is 9.88 Å². The van der Waals surface area contributed by atoms with Crippen molar-refractivity contribution in [2.75, 3.05) is 31.1 Å². The quantitative estimate of drug-likeness (QED) is 0.700. The van der Waals surface area contributed by atoms with Crippen molar-refractivity contribution in [2.45, 2.75) is 6.54 Å². The molecule has 2 aromatic carbocycles. The molecule has 0 saturated carbocycles. The van der Waals surface area contributed by atoms with Gasteiger partial charge in [-0.3, -0.25) is 4.90 Å². The number of rotatable bonds is 4. The fraction of sp³-hybridized carbons (Fsp3) is 0.238. The third-order valence-electron chi connectivity index (χ3n) is 4.98. The maximum absolute atomic E-state index is 11.3. The Morgan fingerprint density at radius 1 is 1.00 bits per heavy atom. The van der Waals surface area contributed by atoms with Crippen molar-refractivity contribution in [3.8, 4) is 5.75 Å². The first kappa shape index (κ1) is 19.9. The number of halogens is 1. The van der Waals surface area contributed by atoms with E-state index >= 15 is 0 Å². The molecule has 0 amide bonds. The number of benzene rings is 2. The molecule has 1 aromatic heterocycles. The molecule has 1 fully saturated rings. The fourth-order valence-electron chi connectivity index (χ4n) is 3.57. The summed E-state index contributed by atoms with van der Waals surface area (Å²) in [6.45, 7) is 4.40. The molecule has 146 valence electrons. The molecule has 0 spiro atoms. The van der Waals surface area contributed by atoms with Gasteiger partial charge in [-0.25, -0.2) is 9.78 Å². The normalized spacial score (nSPS) is 14.6. The van der Waals surface area contributed by atoms with Crippen molar-refractivity contribution < 1.29 is 15.0 Å². The van der Waals surface area contributed by atoms with Crippen molar-refractivity contribution in [3.05, 3.63) is 65.9 Å². The number of carbonyl (C=O) groups is 1. The molecule has 4 rings (SSSR count). The average Bonchev–Trinajstić information content (AvgIpc) is 2.69. The molecule has 7 heteroatoms. The zero-order valence-electron chi connectivity index (χ0n) is 15.3. The highest BCUT2D eigenvalue weighted by molar-refractivity contribution is 5.98. The number of piperazine rings is 1. The number of hydrogen-bond donors (Lipinski definition) is 2. The molecular weight excluding hydrogens is 378 g/mol. The van der Waals surface area contributed by atoms with Crippen LogP contribution in [0.15, 0.2) is 54.6 Å². The molecule has 1 aliphatic rings. The lowest BCUT2D eigenvalue weighted by molar-refractivity contribution is 0.0690.